The Morgan fingerprint density at radius 2 is 1.87 bits per heavy atom. The molecule has 0 bridgehead atoms. The Labute approximate surface area is 183 Å². The van der Waals surface area contributed by atoms with E-state index in [4.69, 9.17) is 16.3 Å². The molecule has 1 aromatic heterocycles. The number of nitrogens with zero attached hydrogens (tertiary/aromatic N) is 6. The lowest BCUT2D eigenvalue weighted by Gasteiger charge is -2.36. The van der Waals surface area contributed by atoms with Gasteiger partial charge in [-0.15, -0.1) is 0 Å². The van der Waals surface area contributed by atoms with Crippen LogP contribution in [0, 0.1) is 11.3 Å². The first kappa shape index (κ1) is 22.1. The minimum Gasteiger partial charge on any atom is -0.490 e. The summed E-state index contributed by atoms with van der Waals surface area (Å²) in [5.41, 5.74) is 0.803. The van der Waals surface area contributed by atoms with Crippen molar-refractivity contribution < 1.29 is 4.74 Å². The summed E-state index contributed by atoms with van der Waals surface area (Å²) < 4.78 is 5.66. The van der Waals surface area contributed by atoms with Crippen LogP contribution < -0.4 is 15.0 Å². The van der Waals surface area contributed by atoms with Crippen LogP contribution in [-0.2, 0) is 0 Å². The van der Waals surface area contributed by atoms with Crippen LogP contribution in [0.1, 0.15) is 12.2 Å². The minimum absolute atomic E-state index is 0.107. The highest BCUT2D eigenvalue weighted by Crippen LogP contribution is 2.35. The second kappa shape index (κ2) is 10.4. The molecule has 1 fully saturated rings. The molecule has 2 aromatic rings. The van der Waals surface area contributed by atoms with E-state index in [1.54, 1.807) is 19.2 Å². The summed E-state index contributed by atoms with van der Waals surface area (Å²) in [4.78, 5) is 15.6. The van der Waals surface area contributed by atoms with Crippen LogP contribution in [0.2, 0.25) is 5.02 Å². The predicted molar refractivity (Wildman–Crippen MR) is 120 cm³/mol. The number of ether oxygens (including phenoxy) is 1. The number of hydrogen-bond acceptors (Lipinski definition) is 8. The van der Waals surface area contributed by atoms with Gasteiger partial charge in [-0.25, -0.2) is 0 Å². The van der Waals surface area contributed by atoms with E-state index in [-0.39, 0.29) is 5.82 Å². The SMILES string of the molecule is COc1c(Nc2ccc(Cl)cc2)nc(C#N)nc1N1CCN(CCCN(C)C)CC1. The van der Waals surface area contributed by atoms with E-state index in [0.717, 1.165) is 51.4 Å². The summed E-state index contributed by atoms with van der Waals surface area (Å²) in [5, 5.41) is 13.3. The first-order valence-electron chi connectivity index (χ1n) is 10.0. The second-order valence-corrected chi connectivity index (χ2v) is 7.92. The lowest BCUT2D eigenvalue weighted by molar-refractivity contribution is 0.241. The van der Waals surface area contributed by atoms with Gasteiger partial charge in [-0.1, -0.05) is 11.6 Å². The predicted octanol–water partition coefficient (Wildman–Crippen LogP) is 2.83. The van der Waals surface area contributed by atoms with E-state index in [2.05, 4.69) is 50.1 Å². The number of methoxy groups -OCH3 is 1. The zero-order valence-electron chi connectivity index (χ0n) is 17.7. The number of anilines is 3. The van der Waals surface area contributed by atoms with E-state index in [1.807, 2.05) is 12.1 Å². The first-order chi connectivity index (χ1) is 14.5. The molecular formula is C21H28ClN7O. The van der Waals surface area contributed by atoms with Crippen molar-refractivity contribution in [2.45, 2.75) is 6.42 Å². The number of aromatic nitrogens is 2. The normalized spacial score (nSPS) is 14.6. The number of benzene rings is 1. The fourth-order valence-corrected chi connectivity index (χ4v) is 3.57. The summed E-state index contributed by atoms with van der Waals surface area (Å²) >= 11 is 5.97. The number of rotatable bonds is 8. The molecule has 1 aromatic carbocycles. The van der Waals surface area contributed by atoms with Crippen molar-refractivity contribution in [2.24, 2.45) is 0 Å². The average Bonchev–Trinajstić information content (AvgIpc) is 2.75. The Hall–Kier alpha value is -2.60. The third-order valence-corrected chi connectivity index (χ3v) is 5.26. The van der Waals surface area contributed by atoms with Crippen molar-refractivity contribution in [2.75, 3.05) is 70.7 Å². The average molecular weight is 430 g/mol. The van der Waals surface area contributed by atoms with Gasteiger partial charge in [-0.05, 0) is 57.9 Å². The number of nitriles is 1. The monoisotopic (exact) mass is 429 g/mol. The van der Waals surface area contributed by atoms with Crippen molar-refractivity contribution in [3.63, 3.8) is 0 Å². The quantitative estimate of drug-likeness (QED) is 0.686. The lowest BCUT2D eigenvalue weighted by Crippen LogP contribution is -2.47. The smallest absolute Gasteiger partial charge is 0.236 e. The summed E-state index contributed by atoms with van der Waals surface area (Å²) in [6, 6.07) is 9.34. The number of halogens is 1. The highest BCUT2D eigenvalue weighted by molar-refractivity contribution is 6.30. The fraction of sp³-hybridized carbons (Fsp3) is 0.476. The second-order valence-electron chi connectivity index (χ2n) is 7.48. The van der Waals surface area contributed by atoms with E-state index in [1.165, 1.54) is 0 Å². The van der Waals surface area contributed by atoms with E-state index in [9.17, 15) is 5.26 Å². The van der Waals surface area contributed by atoms with Crippen LogP contribution in [0.5, 0.6) is 5.75 Å². The maximum Gasteiger partial charge on any atom is 0.236 e. The number of hydrogen-bond donors (Lipinski definition) is 1. The maximum absolute atomic E-state index is 9.44. The van der Waals surface area contributed by atoms with Crippen molar-refractivity contribution in [1.82, 2.24) is 19.8 Å². The Bertz CT molecular complexity index is 874. The molecule has 9 heteroatoms. The van der Waals surface area contributed by atoms with Crippen LogP contribution >= 0.6 is 11.6 Å². The van der Waals surface area contributed by atoms with Gasteiger partial charge >= 0.3 is 0 Å². The van der Waals surface area contributed by atoms with Gasteiger partial charge in [0.2, 0.25) is 11.6 Å². The summed E-state index contributed by atoms with van der Waals surface area (Å²) in [7, 11) is 5.79. The highest BCUT2D eigenvalue weighted by Gasteiger charge is 2.24. The van der Waals surface area contributed by atoms with Crippen molar-refractivity contribution in [3.05, 3.63) is 35.1 Å². The summed E-state index contributed by atoms with van der Waals surface area (Å²) in [6.45, 7) is 5.71. The molecule has 3 rings (SSSR count). The van der Waals surface area contributed by atoms with Crippen molar-refractivity contribution >= 4 is 28.9 Å². The van der Waals surface area contributed by atoms with Gasteiger partial charge in [0.05, 0.1) is 7.11 Å². The molecular weight excluding hydrogens is 402 g/mol. The van der Waals surface area contributed by atoms with Gasteiger partial charge < -0.3 is 19.9 Å². The van der Waals surface area contributed by atoms with Gasteiger partial charge in [-0.3, -0.25) is 4.90 Å². The molecule has 1 aliphatic heterocycles. The maximum atomic E-state index is 9.44. The minimum atomic E-state index is 0.107. The molecule has 0 amide bonds. The van der Waals surface area contributed by atoms with Crippen LogP contribution in [-0.4, -0.2) is 80.2 Å². The Balaban J connectivity index is 1.76. The van der Waals surface area contributed by atoms with Crippen molar-refractivity contribution in [1.29, 1.82) is 5.26 Å². The van der Waals surface area contributed by atoms with E-state index >= 15 is 0 Å². The van der Waals surface area contributed by atoms with Gasteiger partial charge in [0.25, 0.3) is 0 Å². The van der Waals surface area contributed by atoms with Gasteiger partial charge in [-0.2, -0.15) is 15.2 Å². The third-order valence-electron chi connectivity index (χ3n) is 5.01. The molecule has 2 heterocycles. The Morgan fingerprint density at radius 3 is 2.47 bits per heavy atom. The van der Waals surface area contributed by atoms with E-state index < -0.39 is 0 Å². The molecule has 1 saturated heterocycles. The molecule has 1 aliphatic rings. The molecule has 30 heavy (non-hydrogen) atoms. The van der Waals surface area contributed by atoms with Crippen LogP contribution in [0.15, 0.2) is 24.3 Å². The summed E-state index contributed by atoms with van der Waals surface area (Å²) in [5.74, 6) is 1.75. The molecule has 0 unspecified atom stereocenters. The number of piperazine rings is 1. The van der Waals surface area contributed by atoms with Crippen molar-refractivity contribution in [3.8, 4) is 11.8 Å². The third kappa shape index (κ3) is 5.72. The van der Waals surface area contributed by atoms with Gasteiger partial charge in [0.15, 0.2) is 11.6 Å². The largest absolute Gasteiger partial charge is 0.490 e. The standard InChI is InChI=1S/C21H28ClN7O/c1-27(2)9-4-10-28-11-13-29(14-12-28)21-19(30-3)20(25-18(15-23)26-21)24-17-7-5-16(22)6-8-17/h5-8H,4,9-14H2,1-3H3,(H,24,25,26). The molecule has 0 radical (unpaired) electrons. The zero-order valence-corrected chi connectivity index (χ0v) is 18.5. The Kier molecular flexibility index (Phi) is 7.69. The van der Waals surface area contributed by atoms with Gasteiger partial charge in [0, 0.05) is 36.9 Å². The molecule has 1 N–H and O–H groups in total. The molecule has 8 nitrogen and oxygen atoms in total. The zero-order chi connectivity index (χ0) is 21.5. The fourth-order valence-electron chi connectivity index (χ4n) is 3.44. The molecule has 0 saturated carbocycles. The van der Waals surface area contributed by atoms with Crippen LogP contribution in [0.25, 0.3) is 0 Å². The molecule has 0 atom stereocenters. The van der Waals surface area contributed by atoms with Crippen LogP contribution in [0.4, 0.5) is 17.3 Å². The highest BCUT2D eigenvalue weighted by atomic mass is 35.5. The van der Waals surface area contributed by atoms with E-state index in [0.29, 0.717) is 22.4 Å². The lowest BCUT2D eigenvalue weighted by atomic mass is 10.2. The topological polar surface area (TPSA) is 80.5 Å². The molecule has 160 valence electrons. The Morgan fingerprint density at radius 1 is 1.17 bits per heavy atom. The van der Waals surface area contributed by atoms with Crippen LogP contribution in [0.3, 0.4) is 0 Å². The van der Waals surface area contributed by atoms with Gasteiger partial charge in [0.1, 0.15) is 6.07 Å². The number of nitrogens with one attached hydrogen (secondary N) is 1. The molecule has 0 aliphatic carbocycles. The molecule has 0 spiro atoms. The summed E-state index contributed by atoms with van der Waals surface area (Å²) in [6.07, 6.45) is 1.15. The first-order valence-corrected chi connectivity index (χ1v) is 10.4.